The Morgan fingerprint density at radius 1 is 1.00 bits per heavy atom. The summed E-state index contributed by atoms with van der Waals surface area (Å²) in [7, 11) is -3.66. The summed E-state index contributed by atoms with van der Waals surface area (Å²) >= 11 is 5.54. The van der Waals surface area contributed by atoms with Crippen molar-refractivity contribution in [3.63, 3.8) is 0 Å². The first-order valence-electron chi connectivity index (χ1n) is 6.72. The molecule has 5 heteroatoms. The molecule has 0 saturated carbocycles. The Bertz CT molecular complexity index is 775. The van der Waals surface area contributed by atoms with Crippen LogP contribution in [-0.2, 0) is 10.0 Å². The molecule has 0 radical (unpaired) electrons. The summed E-state index contributed by atoms with van der Waals surface area (Å²) in [6.45, 7) is 1.98. The van der Waals surface area contributed by atoms with Crippen molar-refractivity contribution in [3.8, 4) is 11.8 Å². The highest BCUT2D eigenvalue weighted by atomic mass is 35.5. The second-order valence-corrected chi connectivity index (χ2v) is 6.78. The van der Waals surface area contributed by atoms with Gasteiger partial charge in [-0.15, -0.1) is 11.6 Å². The van der Waals surface area contributed by atoms with E-state index in [-0.39, 0.29) is 17.3 Å². The zero-order chi connectivity index (χ0) is 16.0. The van der Waals surface area contributed by atoms with Crippen LogP contribution in [0.15, 0.2) is 59.5 Å². The van der Waals surface area contributed by atoms with E-state index < -0.39 is 10.0 Å². The van der Waals surface area contributed by atoms with Crippen molar-refractivity contribution < 1.29 is 8.42 Å². The molecule has 0 aliphatic rings. The minimum absolute atomic E-state index is 0.0624. The van der Waals surface area contributed by atoms with Crippen LogP contribution in [0.1, 0.15) is 5.56 Å². The number of anilines is 1. The SMILES string of the molecule is Cc1ccc(S(=O)(=O)N(CC#CCCl)c2ccccc2)cc1. The van der Waals surface area contributed by atoms with Crippen molar-refractivity contribution in [1.82, 2.24) is 0 Å². The molecule has 0 saturated heterocycles. The number of nitrogens with zero attached hydrogens (tertiary/aromatic N) is 1. The second-order valence-electron chi connectivity index (χ2n) is 4.65. The van der Waals surface area contributed by atoms with Crippen LogP contribution in [0.5, 0.6) is 0 Å². The summed E-state index contributed by atoms with van der Waals surface area (Å²) in [5.41, 5.74) is 1.58. The molecule has 22 heavy (non-hydrogen) atoms. The third-order valence-corrected chi connectivity index (χ3v) is 4.99. The number of halogens is 1. The van der Waals surface area contributed by atoms with Gasteiger partial charge in [-0.2, -0.15) is 0 Å². The molecule has 2 aromatic carbocycles. The Hall–Kier alpha value is -1.96. The molecule has 0 aliphatic carbocycles. The first-order chi connectivity index (χ1) is 10.6. The van der Waals surface area contributed by atoms with E-state index in [4.69, 9.17) is 11.6 Å². The fraction of sp³-hybridized carbons (Fsp3) is 0.176. The highest BCUT2D eigenvalue weighted by molar-refractivity contribution is 7.92. The maximum atomic E-state index is 12.9. The summed E-state index contributed by atoms with van der Waals surface area (Å²) in [6.07, 6.45) is 0. The van der Waals surface area contributed by atoms with Crippen molar-refractivity contribution in [1.29, 1.82) is 0 Å². The summed E-state index contributed by atoms with van der Waals surface area (Å²) in [6, 6.07) is 15.7. The third-order valence-electron chi connectivity index (χ3n) is 3.07. The van der Waals surface area contributed by atoms with Crippen LogP contribution < -0.4 is 4.31 Å². The molecule has 114 valence electrons. The number of benzene rings is 2. The van der Waals surface area contributed by atoms with Gasteiger partial charge in [0.2, 0.25) is 0 Å². The monoisotopic (exact) mass is 333 g/mol. The van der Waals surface area contributed by atoms with Gasteiger partial charge in [-0.25, -0.2) is 8.42 Å². The largest absolute Gasteiger partial charge is 0.265 e. The highest BCUT2D eigenvalue weighted by Crippen LogP contribution is 2.23. The van der Waals surface area contributed by atoms with Crippen LogP contribution in [-0.4, -0.2) is 20.8 Å². The Labute approximate surface area is 136 Å². The lowest BCUT2D eigenvalue weighted by Gasteiger charge is -2.22. The van der Waals surface area contributed by atoms with E-state index >= 15 is 0 Å². The van der Waals surface area contributed by atoms with Gasteiger partial charge >= 0.3 is 0 Å². The quantitative estimate of drug-likeness (QED) is 0.635. The molecule has 0 bridgehead atoms. The molecule has 0 atom stereocenters. The van der Waals surface area contributed by atoms with Gasteiger partial charge in [-0.1, -0.05) is 47.7 Å². The van der Waals surface area contributed by atoms with E-state index in [1.807, 2.05) is 13.0 Å². The van der Waals surface area contributed by atoms with Gasteiger partial charge in [-0.05, 0) is 31.2 Å². The van der Waals surface area contributed by atoms with Crippen LogP contribution in [0.2, 0.25) is 0 Å². The zero-order valence-electron chi connectivity index (χ0n) is 12.2. The Kier molecular flexibility index (Phi) is 5.48. The van der Waals surface area contributed by atoms with Crippen molar-refractivity contribution in [2.24, 2.45) is 0 Å². The Morgan fingerprint density at radius 2 is 1.64 bits per heavy atom. The standard InChI is InChI=1S/C17H16ClNO2S/c1-15-9-11-17(12-10-15)22(20,21)19(14-6-5-13-18)16-7-3-2-4-8-16/h2-4,7-12H,13-14H2,1H3. The van der Waals surface area contributed by atoms with Crippen molar-refractivity contribution in [2.45, 2.75) is 11.8 Å². The molecule has 0 amide bonds. The molecule has 2 aromatic rings. The number of sulfonamides is 1. The Balaban J connectivity index is 2.45. The number of rotatable bonds is 4. The lowest BCUT2D eigenvalue weighted by molar-refractivity contribution is 0.593. The normalized spacial score (nSPS) is 10.6. The summed E-state index contributed by atoms with van der Waals surface area (Å²) in [5.74, 6) is 5.65. The smallest absolute Gasteiger partial charge is 0.254 e. The fourth-order valence-corrected chi connectivity index (χ4v) is 3.38. The molecule has 0 unspecified atom stereocenters. The number of aryl methyl sites for hydroxylation is 1. The van der Waals surface area contributed by atoms with E-state index in [0.717, 1.165) is 5.56 Å². The van der Waals surface area contributed by atoms with E-state index in [1.54, 1.807) is 48.5 Å². The van der Waals surface area contributed by atoms with E-state index in [0.29, 0.717) is 5.69 Å². The van der Waals surface area contributed by atoms with Gasteiger partial charge in [0, 0.05) is 0 Å². The third kappa shape index (κ3) is 3.82. The highest BCUT2D eigenvalue weighted by Gasteiger charge is 2.23. The van der Waals surface area contributed by atoms with Gasteiger partial charge in [0.05, 0.1) is 23.0 Å². The number of hydrogen-bond donors (Lipinski definition) is 0. The van der Waals surface area contributed by atoms with E-state index in [9.17, 15) is 8.42 Å². The summed E-state index contributed by atoms with van der Waals surface area (Å²) in [4.78, 5) is 0.245. The maximum absolute atomic E-state index is 12.9. The fourth-order valence-electron chi connectivity index (χ4n) is 1.92. The minimum atomic E-state index is -3.66. The van der Waals surface area contributed by atoms with Crippen LogP contribution in [0.25, 0.3) is 0 Å². The average Bonchev–Trinajstić information content (AvgIpc) is 2.52. The molecule has 0 aliphatic heterocycles. The van der Waals surface area contributed by atoms with Crippen molar-refractivity contribution in [2.75, 3.05) is 16.7 Å². The van der Waals surface area contributed by atoms with Crippen LogP contribution in [0.3, 0.4) is 0 Å². The molecule has 0 fully saturated rings. The predicted octanol–water partition coefficient (Wildman–Crippen LogP) is 3.43. The van der Waals surface area contributed by atoms with Crippen LogP contribution in [0, 0.1) is 18.8 Å². The van der Waals surface area contributed by atoms with Gasteiger partial charge in [-0.3, -0.25) is 4.31 Å². The van der Waals surface area contributed by atoms with Crippen LogP contribution >= 0.6 is 11.6 Å². The maximum Gasteiger partial charge on any atom is 0.265 e. The first-order valence-corrected chi connectivity index (χ1v) is 8.69. The van der Waals surface area contributed by atoms with E-state index in [2.05, 4.69) is 11.8 Å². The zero-order valence-corrected chi connectivity index (χ0v) is 13.7. The van der Waals surface area contributed by atoms with Crippen LogP contribution in [0.4, 0.5) is 5.69 Å². The van der Waals surface area contributed by atoms with Gasteiger partial charge < -0.3 is 0 Å². The summed E-state index contributed by atoms with van der Waals surface area (Å²) in [5, 5.41) is 0. The average molecular weight is 334 g/mol. The van der Waals surface area contributed by atoms with Crippen molar-refractivity contribution >= 4 is 27.3 Å². The Morgan fingerprint density at radius 3 is 2.23 bits per heavy atom. The molecule has 0 aromatic heterocycles. The minimum Gasteiger partial charge on any atom is -0.254 e. The molecule has 2 rings (SSSR count). The molecule has 0 spiro atoms. The number of alkyl halides is 1. The topological polar surface area (TPSA) is 37.4 Å². The molecular formula is C17H16ClNO2S. The predicted molar refractivity (Wildman–Crippen MR) is 90.6 cm³/mol. The molecule has 0 N–H and O–H groups in total. The molecule has 0 heterocycles. The van der Waals surface area contributed by atoms with Gasteiger partial charge in [0.1, 0.15) is 0 Å². The van der Waals surface area contributed by atoms with E-state index in [1.165, 1.54) is 4.31 Å². The van der Waals surface area contributed by atoms with Gasteiger partial charge in [0.15, 0.2) is 0 Å². The summed E-state index contributed by atoms with van der Waals surface area (Å²) < 4.78 is 27.0. The van der Waals surface area contributed by atoms with Gasteiger partial charge in [0.25, 0.3) is 10.0 Å². The lowest BCUT2D eigenvalue weighted by Crippen LogP contribution is -2.31. The first kappa shape index (κ1) is 16.4. The number of hydrogen-bond acceptors (Lipinski definition) is 2. The number of para-hydroxylation sites is 1. The van der Waals surface area contributed by atoms with Crippen molar-refractivity contribution in [3.05, 3.63) is 60.2 Å². The molecular weight excluding hydrogens is 318 g/mol. The lowest BCUT2D eigenvalue weighted by atomic mass is 10.2. The molecule has 3 nitrogen and oxygen atoms in total. The second kappa shape index (κ2) is 7.35.